The largest absolute Gasteiger partial charge is 0.369 e. The van der Waals surface area contributed by atoms with E-state index in [1.165, 1.54) is 18.7 Å². The summed E-state index contributed by atoms with van der Waals surface area (Å²) in [5.74, 6) is 0.509. The summed E-state index contributed by atoms with van der Waals surface area (Å²) in [7, 11) is 0. The number of nitrogens with one attached hydrogen (secondary N) is 2. The quantitative estimate of drug-likeness (QED) is 0.747. The number of hydrogen-bond acceptors (Lipinski definition) is 5. The lowest BCUT2D eigenvalue weighted by Gasteiger charge is -2.36. The maximum Gasteiger partial charge on any atom is 0.252 e. The third-order valence-corrected chi connectivity index (χ3v) is 4.99. The number of hydrogen-bond donors (Lipinski definition) is 2. The molecule has 0 radical (unpaired) electrons. The smallest absolute Gasteiger partial charge is 0.252 e. The Morgan fingerprint density at radius 1 is 1.07 bits per heavy atom. The molecule has 0 atom stereocenters. The van der Waals surface area contributed by atoms with Gasteiger partial charge in [-0.15, -0.1) is 0 Å². The maximum absolute atomic E-state index is 11.9. The van der Waals surface area contributed by atoms with Crippen LogP contribution in [0.15, 0.2) is 35.1 Å². The van der Waals surface area contributed by atoms with E-state index in [1.807, 2.05) is 12.1 Å². The third-order valence-electron chi connectivity index (χ3n) is 4.99. The summed E-state index contributed by atoms with van der Waals surface area (Å²) in [5, 5.41) is 3.22. The highest BCUT2D eigenvalue weighted by atomic mass is 16.1. The molecular formula is C21H31N5O. The first-order valence-electron chi connectivity index (χ1n) is 10.1. The molecular weight excluding hydrogens is 338 g/mol. The minimum atomic E-state index is -0.111. The molecule has 0 amide bonds. The number of nitrogens with zero attached hydrogens (tertiary/aromatic N) is 3. The van der Waals surface area contributed by atoms with Gasteiger partial charge < -0.3 is 10.2 Å². The molecule has 1 aliphatic heterocycles. The lowest BCUT2D eigenvalue weighted by Crippen LogP contribution is -2.46. The molecule has 2 aromatic rings. The molecule has 1 aromatic heterocycles. The van der Waals surface area contributed by atoms with Crippen LogP contribution in [-0.4, -0.2) is 47.6 Å². The van der Waals surface area contributed by atoms with Crippen molar-refractivity contribution in [3.63, 3.8) is 0 Å². The maximum atomic E-state index is 11.9. The van der Waals surface area contributed by atoms with Gasteiger partial charge in [-0.2, -0.15) is 0 Å². The highest BCUT2D eigenvalue weighted by molar-refractivity contribution is 5.59. The van der Waals surface area contributed by atoms with E-state index in [2.05, 4.69) is 51.1 Å². The van der Waals surface area contributed by atoms with Crippen LogP contribution in [0.1, 0.15) is 38.8 Å². The first-order valence-corrected chi connectivity index (χ1v) is 10.1. The molecule has 0 saturated carbocycles. The second kappa shape index (κ2) is 9.55. The van der Waals surface area contributed by atoms with Gasteiger partial charge in [0.25, 0.3) is 5.56 Å². The number of unbranched alkanes of at least 4 members (excludes halogenated alkanes) is 1. The molecule has 1 saturated heterocycles. The number of aryl methyl sites for hydroxylation is 1. The molecule has 0 bridgehead atoms. The van der Waals surface area contributed by atoms with E-state index in [9.17, 15) is 4.79 Å². The average molecular weight is 370 g/mol. The number of anilines is 3. The Morgan fingerprint density at radius 2 is 1.81 bits per heavy atom. The molecule has 1 fully saturated rings. The van der Waals surface area contributed by atoms with E-state index in [4.69, 9.17) is 0 Å². The van der Waals surface area contributed by atoms with Gasteiger partial charge in [-0.05, 0) is 50.1 Å². The van der Waals surface area contributed by atoms with Crippen molar-refractivity contribution in [1.82, 2.24) is 14.9 Å². The first kappa shape index (κ1) is 19.4. The fraction of sp³-hybridized carbons (Fsp3) is 0.524. The highest BCUT2D eigenvalue weighted by Crippen LogP contribution is 2.21. The zero-order chi connectivity index (χ0) is 19.1. The number of rotatable bonds is 8. The molecule has 3 rings (SSSR count). The molecule has 27 heavy (non-hydrogen) atoms. The average Bonchev–Trinajstić information content (AvgIpc) is 2.67. The highest BCUT2D eigenvalue weighted by Gasteiger charge is 2.16. The van der Waals surface area contributed by atoms with Crippen molar-refractivity contribution in [1.29, 1.82) is 0 Å². The van der Waals surface area contributed by atoms with Crippen molar-refractivity contribution in [3.05, 3.63) is 46.4 Å². The molecule has 2 N–H and O–H groups in total. The lowest BCUT2D eigenvalue weighted by atomic mass is 10.2. The van der Waals surface area contributed by atoms with Gasteiger partial charge >= 0.3 is 0 Å². The van der Waals surface area contributed by atoms with Gasteiger partial charge in [-0.1, -0.05) is 20.3 Å². The summed E-state index contributed by atoms with van der Waals surface area (Å²) in [6.07, 6.45) is 4.18. The minimum absolute atomic E-state index is 0.111. The van der Waals surface area contributed by atoms with Gasteiger partial charge in [0, 0.05) is 49.3 Å². The van der Waals surface area contributed by atoms with Crippen LogP contribution in [0.5, 0.6) is 0 Å². The summed E-state index contributed by atoms with van der Waals surface area (Å²) >= 11 is 0. The number of piperazine rings is 1. The number of benzene rings is 1. The predicted molar refractivity (Wildman–Crippen MR) is 112 cm³/mol. The normalized spacial score (nSPS) is 15.1. The van der Waals surface area contributed by atoms with Crippen molar-refractivity contribution >= 4 is 17.3 Å². The predicted octanol–water partition coefficient (Wildman–Crippen LogP) is 3.39. The minimum Gasteiger partial charge on any atom is -0.369 e. The molecule has 6 nitrogen and oxygen atoms in total. The standard InChI is InChI=1S/C21H31N5O/c1-3-5-6-18-16-20(27)24-21(23-18)22-17-7-9-19(10-8-17)26-14-12-25(11-4-2)13-15-26/h7-10,16H,3-6,11-15H2,1-2H3,(H2,22,23,24,27). The van der Waals surface area contributed by atoms with Crippen molar-refractivity contribution < 1.29 is 0 Å². The molecule has 146 valence electrons. The third kappa shape index (κ3) is 5.57. The fourth-order valence-electron chi connectivity index (χ4n) is 3.49. The van der Waals surface area contributed by atoms with Crippen LogP contribution < -0.4 is 15.8 Å². The van der Waals surface area contributed by atoms with Gasteiger partial charge in [0.15, 0.2) is 0 Å². The van der Waals surface area contributed by atoms with Crippen molar-refractivity contribution in [3.8, 4) is 0 Å². The number of aromatic nitrogens is 2. The summed E-state index contributed by atoms with van der Waals surface area (Å²) in [5.41, 5.74) is 2.90. The summed E-state index contributed by atoms with van der Waals surface area (Å²) in [6, 6.07) is 9.95. The summed E-state index contributed by atoms with van der Waals surface area (Å²) in [4.78, 5) is 24.1. The zero-order valence-corrected chi connectivity index (χ0v) is 16.5. The van der Waals surface area contributed by atoms with Crippen molar-refractivity contribution in [2.24, 2.45) is 0 Å². The Kier molecular flexibility index (Phi) is 6.87. The van der Waals surface area contributed by atoms with E-state index in [0.717, 1.165) is 56.8 Å². The van der Waals surface area contributed by atoms with E-state index < -0.39 is 0 Å². The van der Waals surface area contributed by atoms with Gasteiger partial charge in [-0.25, -0.2) is 4.98 Å². The van der Waals surface area contributed by atoms with Crippen LogP contribution in [0.25, 0.3) is 0 Å². The topological polar surface area (TPSA) is 64.3 Å². The van der Waals surface area contributed by atoms with Crippen LogP contribution in [0.3, 0.4) is 0 Å². The summed E-state index contributed by atoms with van der Waals surface area (Å²) < 4.78 is 0. The van der Waals surface area contributed by atoms with Crippen LogP contribution >= 0.6 is 0 Å². The van der Waals surface area contributed by atoms with Crippen molar-refractivity contribution in [2.45, 2.75) is 39.5 Å². The molecule has 0 aliphatic carbocycles. The second-order valence-corrected chi connectivity index (χ2v) is 7.19. The molecule has 1 aromatic carbocycles. The second-order valence-electron chi connectivity index (χ2n) is 7.19. The van der Waals surface area contributed by atoms with Crippen LogP contribution in [0.4, 0.5) is 17.3 Å². The number of aromatic amines is 1. The van der Waals surface area contributed by atoms with Crippen molar-refractivity contribution in [2.75, 3.05) is 42.9 Å². The Bertz CT molecular complexity index is 763. The van der Waals surface area contributed by atoms with Crippen LogP contribution in [0.2, 0.25) is 0 Å². The number of H-pyrrole nitrogens is 1. The van der Waals surface area contributed by atoms with E-state index in [0.29, 0.717) is 5.95 Å². The van der Waals surface area contributed by atoms with Gasteiger partial charge in [0.05, 0.1) is 0 Å². The van der Waals surface area contributed by atoms with E-state index in [-0.39, 0.29) is 5.56 Å². The lowest BCUT2D eigenvalue weighted by molar-refractivity contribution is 0.258. The molecule has 1 aliphatic rings. The summed E-state index contributed by atoms with van der Waals surface area (Å²) in [6.45, 7) is 9.96. The van der Waals surface area contributed by atoms with Gasteiger partial charge in [0.1, 0.15) is 0 Å². The molecule has 0 unspecified atom stereocenters. The van der Waals surface area contributed by atoms with E-state index >= 15 is 0 Å². The zero-order valence-electron chi connectivity index (χ0n) is 16.5. The first-order chi connectivity index (χ1) is 13.2. The van der Waals surface area contributed by atoms with Gasteiger partial charge in [-0.3, -0.25) is 14.7 Å². The van der Waals surface area contributed by atoms with Gasteiger partial charge in [0.2, 0.25) is 5.95 Å². The molecule has 0 spiro atoms. The SMILES string of the molecule is CCCCc1cc(=O)[nH]c(Nc2ccc(N3CCN(CCC)CC3)cc2)n1. The molecule has 6 heteroatoms. The Morgan fingerprint density at radius 3 is 2.48 bits per heavy atom. The fourth-order valence-corrected chi connectivity index (χ4v) is 3.49. The Balaban J connectivity index is 1.61. The monoisotopic (exact) mass is 369 g/mol. The Labute approximate surface area is 161 Å². The van der Waals surface area contributed by atoms with E-state index in [1.54, 1.807) is 6.07 Å². The van der Waals surface area contributed by atoms with Crippen LogP contribution in [-0.2, 0) is 6.42 Å². The Hall–Kier alpha value is -2.34. The van der Waals surface area contributed by atoms with Crippen LogP contribution in [0, 0.1) is 0 Å². The molecule has 2 heterocycles.